The summed E-state index contributed by atoms with van der Waals surface area (Å²) in [4.78, 5) is 0. The van der Waals surface area contributed by atoms with Crippen molar-refractivity contribution in [1.29, 1.82) is 0 Å². The van der Waals surface area contributed by atoms with Crippen LogP contribution in [0.2, 0.25) is 5.02 Å². The molecule has 0 bridgehead atoms. The van der Waals surface area contributed by atoms with Gasteiger partial charge >= 0.3 is 0 Å². The van der Waals surface area contributed by atoms with Crippen molar-refractivity contribution in [3.05, 3.63) is 53.6 Å². The summed E-state index contributed by atoms with van der Waals surface area (Å²) in [6.45, 7) is 7.37. The summed E-state index contributed by atoms with van der Waals surface area (Å²) in [6, 6.07) is 3.81. The summed E-state index contributed by atoms with van der Waals surface area (Å²) in [5.41, 5.74) is 8.77. The average molecular weight is 208 g/mol. The lowest BCUT2D eigenvalue weighted by atomic mass is 10.0. The van der Waals surface area contributed by atoms with Gasteiger partial charge in [-0.1, -0.05) is 29.8 Å². The molecular formula is C12H14ClN. The molecule has 74 valence electrons. The summed E-state index contributed by atoms with van der Waals surface area (Å²) >= 11 is 6.03. The van der Waals surface area contributed by atoms with Gasteiger partial charge in [0.25, 0.3) is 0 Å². The molecule has 0 amide bonds. The first kappa shape index (κ1) is 10.9. The van der Waals surface area contributed by atoms with E-state index in [2.05, 4.69) is 13.2 Å². The molecule has 0 spiro atoms. The molecule has 0 saturated carbocycles. The Hall–Kier alpha value is -1.21. The number of hydrogen-bond acceptors (Lipinski definition) is 1. The van der Waals surface area contributed by atoms with Crippen molar-refractivity contribution < 1.29 is 0 Å². The van der Waals surface area contributed by atoms with Crippen LogP contribution < -0.4 is 5.73 Å². The minimum atomic E-state index is 0.704. The molecule has 0 fully saturated rings. The third kappa shape index (κ3) is 2.18. The van der Waals surface area contributed by atoms with Crippen molar-refractivity contribution in [2.45, 2.75) is 12.8 Å². The second-order valence-corrected chi connectivity index (χ2v) is 3.49. The predicted octanol–water partition coefficient (Wildman–Crippen LogP) is 3.38. The Bertz CT molecular complexity index is 356. The van der Waals surface area contributed by atoms with Crippen LogP contribution in [0.5, 0.6) is 0 Å². The number of allylic oxidation sites excluding steroid dienone is 2. The molecule has 2 heteroatoms. The van der Waals surface area contributed by atoms with Crippen molar-refractivity contribution in [3.8, 4) is 0 Å². The SMILES string of the molecule is C=CCc1ccc(Cl)c(CC=C)c1N. The molecule has 1 aromatic carbocycles. The maximum absolute atomic E-state index is 6.03. The zero-order valence-electron chi connectivity index (χ0n) is 8.09. The molecule has 0 unspecified atom stereocenters. The molecule has 1 aromatic rings. The van der Waals surface area contributed by atoms with Gasteiger partial charge in [0.15, 0.2) is 0 Å². The van der Waals surface area contributed by atoms with E-state index in [1.807, 2.05) is 18.2 Å². The van der Waals surface area contributed by atoms with Crippen LogP contribution in [0.1, 0.15) is 11.1 Å². The van der Waals surface area contributed by atoms with Crippen LogP contribution in [0.3, 0.4) is 0 Å². The average Bonchev–Trinajstić information content (AvgIpc) is 2.17. The lowest BCUT2D eigenvalue weighted by Crippen LogP contribution is -1.99. The fraction of sp³-hybridized carbons (Fsp3) is 0.167. The van der Waals surface area contributed by atoms with Gasteiger partial charge in [0, 0.05) is 10.7 Å². The molecule has 14 heavy (non-hydrogen) atoms. The second-order valence-electron chi connectivity index (χ2n) is 3.08. The minimum absolute atomic E-state index is 0.704. The van der Waals surface area contributed by atoms with Crippen LogP contribution >= 0.6 is 11.6 Å². The third-order valence-corrected chi connectivity index (χ3v) is 2.46. The number of benzene rings is 1. The first-order valence-electron chi connectivity index (χ1n) is 4.48. The molecule has 1 nitrogen and oxygen atoms in total. The predicted molar refractivity (Wildman–Crippen MR) is 63.7 cm³/mol. The fourth-order valence-electron chi connectivity index (χ4n) is 1.37. The third-order valence-electron chi connectivity index (χ3n) is 2.10. The number of hydrogen-bond donors (Lipinski definition) is 1. The topological polar surface area (TPSA) is 26.0 Å². The molecule has 1 rings (SSSR count). The number of rotatable bonds is 4. The van der Waals surface area contributed by atoms with E-state index < -0.39 is 0 Å². The van der Waals surface area contributed by atoms with E-state index in [1.165, 1.54) is 0 Å². The second kappa shape index (κ2) is 4.87. The van der Waals surface area contributed by atoms with Crippen LogP contribution in [0, 0.1) is 0 Å². The highest BCUT2D eigenvalue weighted by molar-refractivity contribution is 6.31. The zero-order valence-corrected chi connectivity index (χ0v) is 8.85. The Balaban J connectivity index is 3.17. The van der Waals surface area contributed by atoms with E-state index in [0.29, 0.717) is 11.4 Å². The minimum Gasteiger partial charge on any atom is -0.398 e. The first-order valence-corrected chi connectivity index (χ1v) is 4.86. The van der Waals surface area contributed by atoms with Crippen molar-refractivity contribution in [2.75, 3.05) is 5.73 Å². The molecule has 0 aliphatic heterocycles. The van der Waals surface area contributed by atoms with Gasteiger partial charge in [-0.05, 0) is 30.0 Å². The summed E-state index contributed by atoms with van der Waals surface area (Å²) in [5, 5.41) is 0.704. The molecule has 0 aliphatic rings. The lowest BCUT2D eigenvalue weighted by Gasteiger charge is -2.10. The number of nitrogen functional groups attached to an aromatic ring is 1. The van der Waals surface area contributed by atoms with Gasteiger partial charge in [-0.25, -0.2) is 0 Å². The highest BCUT2D eigenvalue weighted by Gasteiger charge is 2.06. The fourth-order valence-corrected chi connectivity index (χ4v) is 1.61. The van der Waals surface area contributed by atoms with Gasteiger partial charge in [0.1, 0.15) is 0 Å². The van der Waals surface area contributed by atoms with Crippen LogP contribution in [-0.4, -0.2) is 0 Å². The van der Waals surface area contributed by atoms with Crippen LogP contribution in [0.4, 0.5) is 5.69 Å². The van der Waals surface area contributed by atoms with Gasteiger partial charge in [-0.15, -0.1) is 13.2 Å². The number of anilines is 1. The molecule has 0 atom stereocenters. The first-order chi connectivity index (χ1) is 6.70. The Morgan fingerprint density at radius 3 is 2.43 bits per heavy atom. The maximum Gasteiger partial charge on any atom is 0.0461 e. The maximum atomic E-state index is 6.03. The van der Waals surface area contributed by atoms with Gasteiger partial charge in [-0.3, -0.25) is 0 Å². The summed E-state index contributed by atoms with van der Waals surface area (Å²) in [5.74, 6) is 0. The lowest BCUT2D eigenvalue weighted by molar-refractivity contribution is 1.21. The Kier molecular flexibility index (Phi) is 3.78. The molecule has 0 aliphatic carbocycles. The smallest absolute Gasteiger partial charge is 0.0461 e. The van der Waals surface area contributed by atoms with Gasteiger partial charge in [0.05, 0.1) is 0 Å². The normalized spacial score (nSPS) is 9.79. The molecular weight excluding hydrogens is 194 g/mol. The zero-order chi connectivity index (χ0) is 10.6. The van der Waals surface area contributed by atoms with Gasteiger partial charge in [-0.2, -0.15) is 0 Å². The molecule has 2 N–H and O–H groups in total. The standard InChI is InChI=1S/C12H14ClN/c1-3-5-9-7-8-11(13)10(6-4-2)12(9)14/h3-4,7-8H,1-2,5-6,14H2. The van der Waals surface area contributed by atoms with E-state index in [1.54, 1.807) is 6.08 Å². The quantitative estimate of drug-likeness (QED) is 0.595. The summed E-state index contributed by atoms with van der Waals surface area (Å²) < 4.78 is 0. The van der Waals surface area contributed by atoms with E-state index in [9.17, 15) is 0 Å². The van der Waals surface area contributed by atoms with E-state index in [-0.39, 0.29) is 0 Å². The van der Waals surface area contributed by atoms with Crippen LogP contribution in [0.15, 0.2) is 37.4 Å². The number of halogens is 1. The van der Waals surface area contributed by atoms with Crippen molar-refractivity contribution in [3.63, 3.8) is 0 Å². The van der Waals surface area contributed by atoms with E-state index >= 15 is 0 Å². The van der Waals surface area contributed by atoms with Crippen LogP contribution in [-0.2, 0) is 12.8 Å². The van der Waals surface area contributed by atoms with Gasteiger partial charge in [0.2, 0.25) is 0 Å². The highest BCUT2D eigenvalue weighted by atomic mass is 35.5. The van der Waals surface area contributed by atoms with E-state index in [4.69, 9.17) is 17.3 Å². The Morgan fingerprint density at radius 1 is 1.21 bits per heavy atom. The monoisotopic (exact) mass is 207 g/mol. The molecule has 0 radical (unpaired) electrons. The summed E-state index contributed by atoms with van der Waals surface area (Å²) in [6.07, 6.45) is 5.11. The van der Waals surface area contributed by atoms with Crippen molar-refractivity contribution in [1.82, 2.24) is 0 Å². The van der Waals surface area contributed by atoms with Gasteiger partial charge < -0.3 is 5.73 Å². The largest absolute Gasteiger partial charge is 0.398 e. The van der Waals surface area contributed by atoms with Crippen molar-refractivity contribution >= 4 is 17.3 Å². The molecule has 0 saturated heterocycles. The Labute approximate surface area is 89.9 Å². The van der Waals surface area contributed by atoms with E-state index in [0.717, 1.165) is 23.2 Å². The molecule has 0 heterocycles. The highest BCUT2D eigenvalue weighted by Crippen LogP contribution is 2.27. The Morgan fingerprint density at radius 2 is 1.86 bits per heavy atom. The summed E-state index contributed by atoms with van der Waals surface area (Å²) in [7, 11) is 0. The van der Waals surface area contributed by atoms with Crippen LogP contribution in [0.25, 0.3) is 0 Å². The van der Waals surface area contributed by atoms with Crippen molar-refractivity contribution in [2.24, 2.45) is 0 Å². The molecule has 0 aromatic heterocycles. The number of nitrogens with two attached hydrogens (primary N) is 1.